The van der Waals surface area contributed by atoms with Crippen molar-refractivity contribution in [1.82, 2.24) is 10.8 Å². The highest BCUT2D eigenvalue weighted by molar-refractivity contribution is 7.23. The molecule has 0 aromatic heterocycles. The molecule has 0 aliphatic rings. The Labute approximate surface area is 53.6 Å². The smallest absolute Gasteiger partial charge is 0.257 e. The topological polar surface area (TPSA) is 78.4 Å². The van der Waals surface area contributed by atoms with Crippen LogP contribution in [0.3, 0.4) is 0 Å². The van der Waals surface area contributed by atoms with Crippen molar-refractivity contribution in [3.8, 4) is 0 Å². The van der Waals surface area contributed by atoms with Crippen molar-refractivity contribution in [3.63, 3.8) is 0 Å². The van der Waals surface area contributed by atoms with Gasteiger partial charge in [-0.05, 0) is 0 Å². The molecule has 0 saturated carbocycles. The van der Waals surface area contributed by atoms with Gasteiger partial charge < -0.3 is 0 Å². The minimum Gasteiger partial charge on any atom is -0.298 e. The average Bonchev–Trinajstić information content (AvgIpc) is 1.89. The first kappa shape index (κ1) is 8.49. The van der Waals surface area contributed by atoms with Crippen LogP contribution in [-0.2, 0) is 9.36 Å². The number of carbonyl (C=O) groups excluding carboxylic acids is 1. The molecule has 6 heteroatoms. The van der Waals surface area contributed by atoms with Gasteiger partial charge in [0.25, 0.3) is 5.91 Å². The quantitative estimate of drug-likeness (QED) is 0.215. The fourth-order valence-electron chi connectivity index (χ4n) is 0.255. The Morgan fingerprint density at radius 3 is 2.78 bits per heavy atom. The zero-order valence-corrected chi connectivity index (χ0v) is 5.52. The maximum atomic E-state index is 10.2. The van der Waals surface area contributed by atoms with Crippen molar-refractivity contribution in [2.75, 3.05) is 12.8 Å². The molecule has 3 N–H and O–H groups in total. The first-order valence-electron chi connectivity index (χ1n) is 2.24. The third-order valence-corrected chi connectivity index (χ3v) is 0.939. The molecule has 0 spiro atoms. The van der Waals surface area contributed by atoms with E-state index < -0.39 is 5.91 Å². The highest BCUT2D eigenvalue weighted by atomic mass is 31.1. The van der Waals surface area contributed by atoms with Gasteiger partial charge >= 0.3 is 0 Å². The zero-order valence-electron chi connectivity index (χ0n) is 4.63. The van der Waals surface area contributed by atoms with E-state index in [1.807, 2.05) is 0 Å². The monoisotopic (exact) mass is 150 g/mol. The Kier molecular flexibility index (Phi) is 5.30. The van der Waals surface area contributed by atoms with Crippen molar-refractivity contribution in [2.24, 2.45) is 0 Å². The van der Waals surface area contributed by atoms with Gasteiger partial charge in [-0.2, -0.15) is 0 Å². The van der Waals surface area contributed by atoms with Gasteiger partial charge in [0.2, 0.25) is 0 Å². The summed E-state index contributed by atoms with van der Waals surface area (Å²) in [5.74, 6) is -0.543. The van der Waals surface area contributed by atoms with Crippen LogP contribution in [-0.4, -0.2) is 23.9 Å². The van der Waals surface area contributed by atoms with Crippen LogP contribution in [0.25, 0.3) is 0 Å². The SMILES string of the molecule is O=PCNCC(=O)NO. The molecule has 5 nitrogen and oxygen atoms in total. The van der Waals surface area contributed by atoms with Crippen LogP contribution in [0.5, 0.6) is 0 Å². The number of nitrogens with one attached hydrogen (secondary N) is 2. The van der Waals surface area contributed by atoms with Crippen molar-refractivity contribution in [3.05, 3.63) is 0 Å². The van der Waals surface area contributed by atoms with Crippen LogP contribution < -0.4 is 10.8 Å². The van der Waals surface area contributed by atoms with Gasteiger partial charge in [0.15, 0.2) is 8.46 Å². The van der Waals surface area contributed by atoms with Crippen LogP contribution in [0.2, 0.25) is 0 Å². The number of hydrogen-bond acceptors (Lipinski definition) is 4. The fraction of sp³-hybridized carbons (Fsp3) is 0.667. The maximum absolute atomic E-state index is 10.2. The van der Waals surface area contributed by atoms with Gasteiger partial charge in [-0.1, -0.05) is 0 Å². The Balaban J connectivity index is 3.06. The Bertz CT molecular complexity index is 107. The summed E-state index contributed by atoms with van der Waals surface area (Å²) in [6, 6.07) is 0. The van der Waals surface area contributed by atoms with Crippen LogP contribution in [0.4, 0.5) is 0 Å². The third-order valence-electron chi connectivity index (χ3n) is 0.587. The van der Waals surface area contributed by atoms with E-state index in [1.54, 1.807) is 0 Å². The molecule has 0 atom stereocenters. The number of amides is 1. The highest BCUT2D eigenvalue weighted by Crippen LogP contribution is 1.82. The van der Waals surface area contributed by atoms with Gasteiger partial charge in [0, 0.05) is 0 Å². The predicted octanol–water partition coefficient (Wildman–Crippen LogP) is -0.669. The van der Waals surface area contributed by atoms with E-state index >= 15 is 0 Å². The molecule has 0 rings (SSSR count). The summed E-state index contributed by atoms with van der Waals surface area (Å²) in [4.78, 5) is 10.2. The summed E-state index contributed by atoms with van der Waals surface area (Å²) < 4.78 is 9.72. The van der Waals surface area contributed by atoms with E-state index in [0.717, 1.165) is 0 Å². The largest absolute Gasteiger partial charge is 0.298 e. The minimum absolute atomic E-state index is 0.0221. The van der Waals surface area contributed by atoms with Crippen LogP contribution in [0.15, 0.2) is 0 Å². The highest BCUT2D eigenvalue weighted by Gasteiger charge is 1.94. The summed E-state index contributed by atoms with van der Waals surface area (Å²) >= 11 is 0. The standard InChI is InChI=1S/C3H7N2O3P/c6-3(5-7)1-4-2-9-8/h4,7H,1-2H2,(H,5,6). The molecule has 0 aliphatic carbocycles. The van der Waals surface area contributed by atoms with Crippen LogP contribution in [0, 0.1) is 0 Å². The lowest BCUT2D eigenvalue weighted by molar-refractivity contribution is -0.128. The lowest BCUT2D eigenvalue weighted by atomic mass is 10.6. The number of rotatable bonds is 4. The molecule has 9 heavy (non-hydrogen) atoms. The second-order valence-corrected chi connectivity index (χ2v) is 1.82. The van der Waals surface area contributed by atoms with E-state index in [4.69, 9.17) is 5.21 Å². The van der Waals surface area contributed by atoms with Crippen LogP contribution in [0.1, 0.15) is 0 Å². The molecule has 0 saturated heterocycles. The van der Waals surface area contributed by atoms with Gasteiger partial charge in [-0.3, -0.25) is 19.9 Å². The van der Waals surface area contributed by atoms with E-state index in [2.05, 4.69) is 5.32 Å². The molecule has 0 fully saturated rings. The summed E-state index contributed by atoms with van der Waals surface area (Å²) in [6.07, 6.45) is 0.216. The van der Waals surface area contributed by atoms with E-state index in [-0.39, 0.29) is 21.3 Å². The number of carbonyl (C=O) groups is 1. The summed E-state index contributed by atoms with van der Waals surface area (Å²) in [7, 11) is -0.0663. The second kappa shape index (κ2) is 5.62. The van der Waals surface area contributed by atoms with Gasteiger partial charge in [-0.25, -0.2) is 5.48 Å². The lowest BCUT2D eigenvalue weighted by Gasteiger charge is -1.95. The second-order valence-electron chi connectivity index (χ2n) is 1.25. The van der Waals surface area contributed by atoms with E-state index in [9.17, 15) is 9.36 Å². The molecular weight excluding hydrogens is 143 g/mol. The average molecular weight is 150 g/mol. The molecule has 0 aliphatic heterocycles. The van der Waals surface area contributed by atoms with Gasteiger partial charge in [0.1, 0.15) is 0 Å². The van der Waals surface area contributed by atoms with Crippen molar-refractivity contribution in [1.29, 1.82) is 0 Å². The predicted molar refractivity (Wildman–Crippen MR) is 30.4 cm³/mol. The molecular formula is C3H7N2O3P. The summed E-state index contributed by atoms with van der Waals surface area (Å²) in [5, 5.41) is 10.4. The molecule has 1 amide bonds. The van der Waals surface area contributed by atoms with Crippen LogP contribution >= 0.6 is 8.46 Å². The Hall–Kier alpha value is -0.510. The van der Waals surface area contributed by atoms with Gasteiger partial charge in [-0.15, -0.1) is 0 Å². The Morgan fingerprint density at radius 2 is 2.33 bits per heavy atom. The molecule has 0 bridgehead atoms. The molecule has 0 aromatic rings. The molecule has 0 aromatic carbocycles. The van der Waals surface area contributed by atoms with E-state index in [0.29, 0.717) is 0 Å². The minimum atomic E-state index is -0.543. The molecule has 52 valence electrons. The lowest BCUT2D eigenvalue weighted by Crippen LogP contribution is -2.30. The van der Waals surface area contributed by atoms with Gasteiger partial charge in [0.05, 0.1) is 12.8 Å². The first-order valence-corrected chi connectivity index (χ1v) is 3.23. The first-order chi connectivity index (χ1) is 4.31. The fourth-order valence-corrected chi connectivity index (χ4v) is 0.458. The molecule has 0 heterocycles. The van der Waals surface area contributed by atoms with Crippen molar-refractivity contribution < 1.29 is 14.6 Å². The molecule has 0 unspecified atom stereocenters. The number of hydrogen-bond donors (Lipinski definition) is 3. The number of hydroxylamine groups is 1. The van der Waals surface area contributed by atoms with Crippen molar-refractivity contribution in [2.45, 2.75) is 0 Å². The summed E-state index contributed by atoms with van der Waals surface area (Å²) in [5.41, 5.74) is 1.42. The Morgan fingerprint density at radius 1 is 1.67 bits per heavy atom. The summed E-state index contributed by atoms with van der Waals surface area (Å²) in [6.45, 7) is -0.0221. The third kappa shape index (κ3) is 5.36. The van der Waals surface area contributed by atoms with Crippen molar-refractivity contribution >= 4 is 14.4 Å². The van der Waals surface area contributed by atoms with E-state index in [1.165, 1.54) is 5.48 Å². The zero-order chi connectivity index (χ0) is 7.11. The maximum Gasteiger partial charge on any atom is 0.257 e. The normalized spacial score (nSPS) is 9.44. The molecule has 0 radical (unpaired) electrons.